The molecule has 1 unspecified atom stereocenters. The number of hydrogen-bond acceptors (Lipinski definition) is 4. The molecule has 0 aliphatic rings. The lowest BCUT2D eigenvalue weighted by molar-refractivity contribution is -0.123. The second-order valence-electron chi connectivity index (χ2n) is 4.68. The minimum Gasteiger partial charge on any atom is -0.482 e. The van der Waals surface area contributed by atoms with Gasteiger partial charge in [-0.2, -0.15) is 0 Å². The van der Waals surface area contributed by atoms with Gasteiger partial charge in [-0.15, -0.1) is 0 Å². The largest absolute Gasteiger partial charge is 0.482 e. The maximum absolute atomic E-state index is 11.6. The molecule has 1 rings (SSSR count). The minimum atomic E-state index is -3.81. The molecule has 1 aromatic rings. The molecule has 0 aliphatic carbocycles. The van der Waals surface area contributed by atoms with Gasteiger partial charge < -0.3 is 10.1 Å². The molecule has 0 aromatic heterocycles. The fourth-order valence-corrected chi connectivity index (χ4v) is 2.58. The Morgan fingerprint density at radius 3 is 2.67 bits per heavy atom. The molecule has 0 bridgehead atoms. The van der Waals surface area contributed by atoms with Gasteiger partial charge in [0.25, 0.3) is 5.91 Å². The molecule has 1 amide bonds. The zero-order valence-electron chi connectivity index (χ0n) is 11.9. The van der Waals surface area contributed by atoms with Gasteiger partial charge >= 0.3 is 0 Å². The van der Waals surface area contributed by atoms with Gasteiger partial charge in [0.05, 0.1) is 9.92 Å². The van der Waals surface area contributed by atoms with Crippen molar-refractivity contribution < 1.29 is 17.9 Å². The fraction of sp³-hybridized carbons (Fsp3) is 0.462. The second kappa shape index (κ2) is 7.63. The molecular weight excluding hydrogens is 316 g/mol. The number of nitrogens with one attached hydrogen (secondary N) is 1. The first-order valence-corrected chi connectivity index (χ1v) is 8.41. The highest BCUT2D eigenvalue weighted by Crippen LogP contribution is 2.26. The Balaban J connectivity index is 2.62. The van der Waals surface area contributed by atoms with Gasteiger partial charge in [0, 0.05) is 6.04 Å². The SMILES string of the molecule is CCCC(C)NC(=O)COc1ccc(S(N)(=O)=O)cc1Cl. The first kappa shape index (κ1) is 17.7. The van der Waals surface area contributed by atoms with Crippen molar-refractivity contribution in [1.29, 1.82) is 0 Å². The summed E-state index contributed by atoms with van der Waals surface area (Å²) in [4.78, 5) is 11.5. The molecule has 21 heavy (non-hydrogen) atoms. The molecule has 0 fully saturated rings. The van der Waals surface area contributed by atoms with Crippen LogP contribution in [0.5, 0.6) is 5.75 Å². The lowest BCUT2D eigenvalue weighted by atomic mass is 10.2. The van der Waals surface area contributed by atoms with Crippen LogP contribution in [0.3, 0.4) is 0 Å². The van der Waals surface area contributed by atoms with E-state index in [-0.39, 0.29) is 34.2 Å². The van der Waals surface area contributed by atoms with Crippen LogP contribution in [0.1, 0.15) is 26.7 Å². The first-order chi connectivity index (χ1) is 9.74. The lowest BCUT2D eigenvalue weighted by Gasteiger charge is -2.13. The lowest BCUT2D eigenvalue weighted by Crippen LogP contribution is -2.35. The highest BCUT2D eigenvalue weighted by Gasteiger charge is 2.13. The molecule has 0 radical (unpaired) electrons. The van der Waals surface area contributed by atoms with E-state index in [1.54, 1.807) is 0 Å². The van der Waals surface area contributed by atoms with Crippen LogP contribution in [0, 0.1) is 0 Å². The summed E-state index contributed by atoms with van der Waals surface area (Å²) < 4.78 is 27.6. The van der Waals surface area contributed by atoms with Crippen molar-refractivity contribution in [3.05, 3.63) is 23.2 Å². The Kier molecular flexibility index (Phi) is 6.44. The molecule has 3 N–H and O–H groups in total. The Morgan fingerprint density at radius 1 is 1.48 bits per heavy atom. The van der Waals surface area contributed by atoms with Crippen LogP contribution in [-0.4, -0.2) is 27.0 Å². The maximum Gasteiger partial charge on any atom is 0.258 e. The van der Waals surface area contributed by atoms with Crippen LogP contribution in [0.2, 0.25) is 5.02 Å². The van der Waals surface area contributed by atoms with Crippen LogP contribution in [0.25, 0.3) is 0 Å². The summed E-state index contributed by atoms with van der Waals surface area (Å²) in [5.41, 5.74) is 0. The van der Waals surface area contributed by atoms with Crippen LogP contribution < -0.4 is 15.2 Å². The number of carbonyl (C=O) groups excluding carboxylic acids is 1. The van der Waals surface area contributed by atoms with E-state index in [2.05, 4.69) is 5.32 Å². The number of rotatable bonds is 7. The van der Waals surface area contributed by atoms with E-state index in [0.717, 1.165) is 12.8 Å². The molecule has 6 nitrogen and oxygen atoms in total. The minimum absolute atomic E-state index is 0.0753. The van der Waals surface area contributed by atoms with Gasteiger partial charge in [-0.25, -0.2) is 13.6 Å². The predicted octanol–water partition coefficient (Wildman–Crippen LogP) is 1.67. The van der Waals surface area contributed by atoms with Crippen molar-refractivity contribution in [3.63, 3.8) is 0 Å². The average molecular weight is 335 g/mol. The summed E-state index contributed by atoms with van der Waals surface area (Å²) >= 11 is 5.90. The number of benzene rings is 1. The third kappa shape index (κ3) is 5.91. The van der Waals surface area contributed by atoms with Crippen LogP contribution in [0.4, 0.5) is 0 Å². The molecule has 118 valence electrons. The molecule has 1 atom stereocenters. The zero-order chi connectivity index (χ0) is 16.0. The van der Waals surface area contributed by atoms with Gasteiger partial charge in [0.2, 0.25) is 10.0 Å². The second-order valence-corrected chi connectivity index (χ2v) is 6.65. The van der Waals surface area contributed by atoms with Crippen molar-refractivity contribution in [2.24, 2.45) is 5.14 Å². The van der Waals surface area contributed by atoms with Crippen molar-refractivity contribution in [2.45, 2.75) is 37.6 Å². The average Bonchev–Trinajstić information content (AvgIpc) is 2.36. The van der Waals surface area contributed by atoms with E-state index in [1.165, 1.54) is 18.2 Å². The topological polar surface area (TPSA) is 98.5 Å². The summed E-state index contributed by atoms with van der Waals surface area (Å²) in [7, 11) is -3.81. The number of nitrogens with two attached hydrogens (primary N) is 1. The Labute approximate surface area is 129 Å². The Morgan fingerprint density at radius 2 is 2.14 bits per heavy atom. The summed E-state index contributed by atoms with van der Waals surface area (Å²) in [5, 5.41) is 7.85. The van der Waals surface area contributed by atoms with E-state index < -0.39 is 10.0 Å². The van der Waals surface area contributed by atoms with Gasteiger partial charge in [-0.1, -0.05) is 24.9 Å². The smallest absolute Gasteiger partial charge is 0.258 e. The molecular formula is C13H19ClN2O4S. The van der Waals surface area contributed by atoms with Crippen molar-refractivity contribution >= 4 is 27.5 Å². The molecule has 0 saturated heterocycles. The molecule has 0 heterocycles. The van der Waals surface area contributed by atoms with E-state index in [9.17, 15) is 13.2 Å². The predicted molar refractivity (Wildman–Crippen MR) is 80.8 cm³/mol. The van der Waals surface area contributed by atoms with E-state index in [4.69, 9.17) is 21.5 Å². The summed E-state index contributed by atoms with van der Waals surface area (Å²) in [6.07, 6.45) is 1.86. The number of sulfonamides is 1. The van der Waals surface area contributed by atoms with Gasteiger partial charge in [-0.05, 0) is 31.5 Å². The molecule has 8 heteroatoms. The van der Waals surface area contributed by atoms with Gasteiger partial charge in [0.15, 0.2) is 6.61 Å². The highest BCUT2D eigenvalue weighted by molar-refractivity contribution is 7.89. The number of hydrogen-bond donors (Lipinski definition) is 2. The number of halogens is 1. The standard InChI is InChI=1S/C13H19ClN2O4S/c1-3-4-9(2)16-13(17)8-20-12-6-5-10(7-11(12)14)21(15,18)19/h5-7,9H,3-4,8H2,1-2H3,(H,16,17)(H2,15,18,19). The van der Waals surface area contributed by atoms with Crippen molar-refractivity contribution in [3.8, 4) is 5.75 Å². The van der Waals surface area contributed by atoms with Gasteiger partial charge in [-0.3, -0.25) is 4.79 Å². The number of ether oxygens (including phenoxy) is 1. The van der Waals surface area contributed by atoms with Gasteiger partial charge in [0.1, 0.15) is 5.75 Å². The summed E-state index contributed by atoms with van der Waals surface area (Å²) in [5.74, 6) is -0.0371. The number of amides is 1. The van der Waals surface area contributed by atoms with E-state index in [0.29, 0.717) is 0 Å². The van der Waals surface area contributed by atoms with Crippen molar-refractivity contribution in [1.82, 2.24) is 5.32 Å². The normalized spacial score (nSPS) is 12.8. The van der Waals surface area contributed by atoms with Crippen LogP contribution in [0.15, 0.2) is 23.1 Å². The van der Waals surface area contributed by atoms with Crippen molar-refractivity contribution in [2.75, 3.05) is 6.61 Å². The monoisotopic (exact) mass is 334 g/mol. The Hall–Kier alpha value is -1.31. The third-order valence-corrected chi connectivity index (χ3v) is 3.93. The van der Waals surface area contributed by atoms with E-state index >= 15 is 0 Å². The maximum atomic E-state index is 11.6. The third-order valence-electron chi connectivity index (χ3n) is 2.72. The van der Waals surface area contributed by atoms with Crippen LogP contribution in [-0.2, 0) is 14.8 Å². The summed E-state index contributed by atoms with van der Waals surface area (Å²) in [6.45, 7) is 3.75. The fourth-order valence-electron chi connectivity index (χ4n) is 1.74. The molecule has 0 spiro atoms. The Bertz CT molecular complexity index is 604. The molecule has 1 aromatic carbocycles. The number of carbonyl (C=O) groups is 1. The van der Waals surface area contributed by atoms with Crippen LogP contribution >= 0.6 is 11.6 Å². The zero-order valence-corrected chi connectivity index (χ0v) is 13.5. The quantitative estimate of drug-likeness (QED) is 0.792. The number of primary sulfonamides is 1. The first-order valence-electron chi connectivity index (χ1n) is 6.48. The summed E-state index contributed by atoms with van der Waals surface area (Å²) in [6, 6.07) is 3.90. The van der Waals surface area contributed by atoms with E-state index in [1.807, 2.05) is 13.8 Å². The molecule has 0 aliphatic heterocycles. The highest BCUT2D eigenvalue weighted by atomic mass is 35.5. The molecule has 0 saturated carbocycles.